The maximum atomic E-state index is 14.1. The van der Waals surface area contributed by atoms with Gasteiger partial charge in [0, 0.05) is 17.3 Å². The van der Waals surface area contributed by atoms with Crippen molar-refractivity contribution in [3.8, 4) is 11.1 Å². The van der Waals surface area contributed by atoms with Crippen LogP contribution in [0.4, 0.5) is 18.9 Å². The highest BCUT2D eigenvalue weighted by Crippen LogP contribution is 2.27. The molecule has 1 heterocycles. The number of nitrogens with one attached hydrogen (secondary N) is 1. The molecule has 0 aliphatic carbocycles. The number of hydrogen-bond acceptors (Lipinski definition) is 5. The maximum absolute atomic E-state index is 14.1. The molecule has 0 bridgehead atoms. The number of sulfonamides is 1. The van der Waals surface area contributed by atoms with Gasteiger partial charge in [-0.15, -0.1) is 0 Å². The minimum atomic E-state index is -3.93. The predicted octanol–water partition coefficient (Wildman–Crippen LogP) is 1.44. The van der Waals surface area contributed by atoms with Crippen LogP contribution in [-0.2, 0) is 10.0 Å². The van der Waals surface area contributed by atoms with Crippen LogP contribution in [0.3, 0.4) is 0 Å². The third-order valence-corrected chi connectivity index (χ3v) is 3.31. The SMILES string of the molecule is CS(=O)(=O)NC(=O)c1cc(F)c(-c2cnc(F)c(N)c2)cc1F. The molecule has 10 heteroatoms. The van der Waals surface area contributed by atoms with Crippen molar-refractivity contribution >= 4 is 21.6 Å². The van der Waals surface area contributed by atoms with Crippen molar-refractivity contribution in [1.82, 2.24) is 9.71 Å². The van der Waals surface area contributed by atoms with Gasteiger partial charge < -0.3 is 5.73 Å². The Labute approximate surface area is 129 Å². The molecule has 122 valence electrons. The molecule has 1 amide bonds. The summed E-state index contributed by atoms with van der Waals surface area (Å²) in [5, 5.41) is 0. The summed E-state index contributed by atoms with van der Waals surface area (Å²) in [6.07, 6.45) is 1.64. The number of aromatic nitrogens is 1. The highest BCUT2D eigenvalue weighted by Gasteiger charge is 2.20. The number of pyridine rings is 1. The lowest BCUT2D eigenvalue weighted by Gasteiger charge is -2.09. The van der Waals surface area contributed by atoms with Gasteiger partial charge in [-0.25, -0.2) is 26.9 Å². The Morgan fingerprint density at radius 3 is 2.39 bits per heavy atom. The lowest BCUT2D eigenvalue weighted by Crippen LogP contribution is -2.30. The first-order chi connectivity index (χ1) is 10.6. The molecule has 0 radical (unpaired) electrons. The summed E-state index contributed by atoms with van der Waals surface area (Å²) >= 11 is 0. The molecule has 0 fully saturated rings. The van der Waals surface area contributed by atoms with Crippen LogP contribution < -0.4 is 10.5 Å². The largest absolute Gasteiger partial charge is 0.395 e. The molecule has 3 N–H and O–H groups in total. The molecule has 0 aliphatic rings. The second-order valence-electron chi connectivity index (χ2n) is 4.62. The summed E-state index contributed by atoms with van der Waals surface area (Å²) < 4.78 is 64.5. The summed E-state index contributed by atoms with van der Waals surface area (Å²) in [5.74, 6) is -4.46. The van der Waals surface area contributed by atoms with Gasteiger partial charge in [0.1, 0.15) is 11.6 Å². The van der Waals surface area contributed by atoms with Crippen LogP contribution in [-0.4, -0.2) is 25.6 Å². The van der Waals surface area contributed by atoms with E-state index in [1.54, 1.807) is 0 Å². The fraction of sp³-hybridized carbons (Fsp3) is 0.0769. The van der Waals surface area contributed by atoms with Gasteiger partial charge in [-0.05, 0) is 18.2 Å². The number of nitrogens with zero attached hydrogens (tertiary/aromatic N) is 1. The van der Waals surface area contributed by atoms with Crippen LogP contribution in [0.2, 0.25) is 0 Å². The standard InChI is InChI=1S/C13H10F3N3O3S/c1-23(21,22)19-13(20)8-4-9(14)7(3-10(8)15)6-2-11(17)12(16)18-5-6/h2-5H,17H2,1H3,(H,19,20). The molecule has 2 aromatic rings. The topological polar surface area (TPSA) is 102 Å². The molecule has 1 aromatic heterocycles. The first kappa shape index (κ1) is 16.7. The minimum Gasteiger partial charge on any atom is -0.395 e. The Kier molecular flexibility index (Phi) is 4.28. The van der Waals surface area contributed by atoms with Crippen LogP contribution in [0, 0.1) is 17.6 Å². The van der Waals surface area contributed by atoms with E-state index in [9.17, 15) is 26.4 Å². The average molecular weight is 345 g/mol. The number of amides is 1. The van der Waals surface area contributed by atoms with Gasteiger partial charge >= 0.3 is 0 Å². The fourth-order valence-electron chi connectivity index (χ4n) is 1.78. The van der Waals surface area contributed by atoms with E-state index >= 15 is 0 Å². The highest BCUT2D eigenvalue weighted by molar-refractivity contribution is 7.89. The molecule has 0 aliphatic heterocycles. The number of carbonyl (C=O) groups is 1. The summed E-state index contributed by atoms with van der Waals surface area (Å²) in [4.78, 5) is 14.9. The van der Waals surface area contributed by atoms with E-state index in [1.807, 2.05) is 0 Å². The lowest BCUT2D eigenvalue weighted by molar-refractivity contribution is 0.0977. The number of nitrogens with two attached hydrogens (primary N) is 1. The third kappa shape index (κ3) is 3.77. The molecule has 2 rings (SSSR count). The summed E-state index contributed by atoms with van der Waals surface area (Å²) in [6, 6.07) is 2.25. The van der Waals surface area contributed by atoms with Gasteiger partial charge in [-0.1, -0.05) is 0 Å². The summed E-state index contributed by atoms with van der Waals surface area (Å²) in [6.45, 7) is 0. The number of carbonyl (C=O) groups excluding carboxylic acids is 1. The Morgan fingerprint density at radius 2 is 1.83 bits per heavy atom. The van der Waals surface area contributed by atoms with Crippen molar-refractivity contribution in [2.75, 3.05) is 12.0 Å². The number of anilines is 1. The predicted molar refractivity (Wildman–Crippen MR) is 76.3 cm³/mol. The van der Waals surface area contributed by atoms with E-state index in [0.29, 0.717) is 18.4 Å². The van der Waals surface area contributed by atoms with Crippen molar-refractivity contribution < 1.29 is 26.4 Å². The fourth-order valence-corrected chi connectivity index (χ4v) is 2.22. The second-order valence-corrected chi connectivity index (χ2v) is 6.37. The third-order valence-electron chi connectivity index (χ3n) is 2.76. The molecule has 0 saturated carbocycles. The number of benzene rings is 1. The number of nitrogen functional groups attached to an aromatic ring is 1. The smallest absolute Gasteiger partial charge is 0.267 e. The Morgan fingerprint density at radius 1 is 1.17 bits per heavy atom. The normalized spacial score (nSPS) is 11.3. The quantitative estimate of drug-likeness (QED) is 0.820. The van der Waals surface area contributed by atoms with Crippen LogP contribution in [0.5, 0.6) is 0 Å². The Hall–Kier alpha value is -2.62. The first-order valence-corrected chi connectivity index (χ1v) is 7.90. The van der Waals surface area contributed by atoms with Gasteiger partial charge in [0.15, 0.2) is 0 Å². The minimum absolute atomic E-state index is 0.00429. The van der Waals surface area contributed by atoms with Crippen molar-refractivity contribution in [2.45, 2.75) is 0 Å². The molecule has 0 spiro atoms. The average Bonchev–Trinajstić information content (AvgIpc) is 2.42. The summed E-state index contributed by atoms with van der Waals surface area (Å²) in [7, 11) is -3.93. The summed E-state index contributed by atoms with van der Waals surface area (Å²) in [5.41, 5.74) is 3.85. The van der Waals surface area contributed by atoms with E-state index in [0.717, 1.165) is 12.3 Å². The van der Waals surface area contributed by atoms with Gasteiger partial charge in [0.05, 0.1) is 17.5 Å². The molecular weight excluding hydrogens is 335 g/mol. The van der Waals surface area contributed by atoms with Crippen molar-refractivity contribution in [1.29, 1.82) is 0 Å². The lowest BCUT2D eigenvalue weighted by atomic mass is 10.0. The number of hydrogen-bond donors (Lipinski definition) is 2. The zero-order valence-corrected chi connectivity index (χ0v) is 12.4. The zero-order chi connectivity index (χ0) is 17.4. The monoisotopic (exact) mass is 345 g/mol. The van der Waals surface area contributed by atoms with Gasteiger partial charge in [0.2, 0.25) is 16.0 Å². The molecule has 0 saturated heterocycles. The van der Waals surface area contributed by atoms with E-state index in [4.69, 9.17) is 5.73 Å². The van der Waals surface area contributed by atoms with E-state index < -0.39 is 39.1 Å². The maximum Gasteiger partial charge on any atom is 0.267 e. The van der Waals surface area contributed by atoms with Crippen LogP contribution in [0.25, 0.3) is 11.1 Å². The molecule has 23 heavy (non-hydrogen) atoms. The molecular formula is C13H10F3N3O3S. The highest BCUT2D eigenvalue weighted by atomic mass is 32.2. The molecule has 6 nitrogen and oxygen atoms in total. The Bertz CT molecular complexity index is 901. The van der Waals surface area contributed by atoms with Crippen LogP contribution >= 0.6 is 0 Å². The van der Waals surface area contributed by atoms with Crippen molar-refractivity contribution in [3.63, 3.8) is 0 Å². The van der Waals surface area contributed by atoms with Crippen molar-refractivity contribution in [3.05, 3.63) is 47.5 Å². The molecule has 1 aromatic carbocycles. The second kappa shape index (κ2) is 5.88. The van der Waals surface area contributed by atoms with Crippen LogP contribution in [0.1, 0.15) is 10.4 Å². The molecule has 0 atom stereocenters. The van der Waals surface area contributed by atoms with E-state index in [-0.39, 0.29) is 16.8 Å². The number of rotatable bonds is 3. The first-order valence-electron chi connectivity index (χ1n) is 6.01. The zero-order valence-electron chi connectivity index (χ0n) is 11.6. The Balaban J connectivity index is 2.48. The van der Waals surface area contributed by atoms with E-state index in [2.05, 4.69) is 4.98 Å². The van der Waals surface area contributed by atoms with Gasteiger partial charge in [0.25, 0.3) is 5.91 Å². The van der Waals surface area contributed by atoms with Crippen molar-refractivity contribution in [2.24, 2.45) is 0 Å². The molecule has 0 unspecified atom stereocenters. The van der Waals surface area contributed by atoms with Gasteiger partial charge in [-0.2, -0.15) is 4.39 Å². The van der Waals surface area contributed by atoms with Gasteiger partial charge in [-0.3, -0.25) is 4.79 Å². The van der Waals surface area contributed by atoms with Crippen LogP contribution in [0.15, 0.2) is 24.4 Å². The van der Waals surface area contributed by atoms with E-state index in [1.165, 1.54) is 4.72 Å². The number of halogens is 3.